The minimum absolute atomic E-state index is 0.197. The summed E-state index contributed by atoms with van der Waals surface area (Å²) < 4.78 is 35.5. The zero-order chi connectivity index (χ0) is 28.5. The van der Waals surface area contributed by atoms with Crippen molar-refractivity contribution in [3.05, 3.63) is 24.2 Å². The molecule has 2 aromatic heterocycles. The summed E-state index contributed by atoms with van der Waals surface area (Å²) in [5, 5.41) is 35.4. The largest absolute Gasteiger partial charge is 0.472 e. The van der Waals surface area contributed by atoms with E-state index in [1.165, 1.54) is 43.4 Å². The standard InChI is InChI=1S/C24H40N5O9P/c1-3-4-5-6-7-8-11-35-17(12-30)13-36-39(33,34)37-14-19-21(31)22(32)24(38-19,15-26-2)20-10-9-18-23(25)27-16-28-29(18)20/h9-10,15-17,19,21-22,30-32H,3-8,11-14H2,1-2H3,(H,33,34)(H2,25,27,28)/b26-15-/t17-,19-,21?,22?,24+/m1/s1. The third kappa shape index (κ3) is 7.81. The molecule has 0 aliphatic carbocycles. The fraction of sp³-hybridized carbons (Fsp3) is 0.708. The summed E-state index contributed by atoms with van der Waals surface area (Å²) in [5.41, 5.74) is 5.00. The molecule has 1 aliphatic rings. The van der Waals surface area contributed by atoms with Crippen LogP contribution < -0.4 is 5.73 Å². The number of aromatic nitrogens is 3. The first-order valence-electron chi connectivity index (χ1n) is 13.1. The van der Waals surface area contributed by atoms with E-state index in [-0.39, 0.29) is 12.4 Å². The Kier molecular flexibility index (Phi) is 11.8. The summed E-state index contributed by atoms with van der Waals surface area (Å²) in [7, 11) is -3.15. The highest BCUT2D eigenvalue weighted by Gasteiger charge is 2.56. The van der Waals surface area contributed by atoms with Crippen LogP contribution in [0.4, 0.5) is 5.82 Å². The van der Waals surface area contributed by atoms with Gasteiger partial charge in [0.05, 0.1) is 25.5 Å². The number of phosphoric acid groups is 1. The molecule has 3 heterocycles. The quantitative estimate of drug-likeness (QED) is 0.103. The molecule has 6 atom stereocenters. The summed E-state index contributed by atoms with van der Waals surface area (Å²) in [5.74, 6) is 0.197. The molecular formula is C24H40N5O9P. The first-order chi connectivity index (χ1) is 18.7. The molecule has 0 radical (unpaired) electrons. The number of fused-ring (bicyclic) bond motifs is 1. The molecule has 220 valence electrons. The average molecular weight is 574 g/mol. The molecule has 0 amide bonds. The molecule has 3 rings (SSSR count). The fourth-order valence-electron chi connectivity index (χ4n) is 4.47. The molecular weight excluding hydrogens is 533 g/mol. The number of anilines is 1. The normalized spacial score (nSPS) is 25.9. The lowest BCUT2D eigenvalue weighted by molar-refractivity contribution is -0.0571. The van der Waals surface area contributed by atoms with Gasteiger partial charge in [0.2, 0.25) is 0 Å². The summed E-state index contributed by atoms with van der Waals surface area (Å²) in [6, 6.07) is 3.23. The van der Waals surface area contributed by atoms with Crippen LogP contribution >= 0.6 is 7.82 Å². The number of phosphoric ester groups is 1. The molecule has 0 aromatic carbocycles. The van der Waals surface area contributed by atoms with E-state index >= 15 is 0 Å². The molecule has 1 saturated heterocycles. The van der Waals surface area contributed by atoms with E-state index in [1.54, 1.807) is 12.1 Å². The van der Waals surface area contributed by atoms with Crippen molar-refractivity contribution in [1.29, 1.82) is 0 Å². The van der Waals surface area contributed by atoms with Crippen molar-refractivity contribution in [2.24, 2.45) is 4.99 Å². The number of nitrogen functional groups attached to an aromatic ring is 1. The van der Waals surface area contributed by atoms with E-state index in [0.717, 1.165) is 19.3 Å². The molecule has 3 unspecified atom stereocenters. The van der Waals surface area contributed by atoms with Crippen LogP contribution in [0.25, 0.3) is 5.52 Å². The minimum atomic E-state index is -4.62. The molecule has 2 aromatic rings. The van der Waals surface area contributed by atoms with Crippen LogP contribution in [0.2, 0.25) is 0 Å². The van der Waals surface area contributed by atoms with Crippen molar-refractivity contribution in [2.75, 3.05) is 39.2 Å². The summed E-state index contributed by atoms with van der Waals surface area (Å²) in [6.45, 7) is 1.18. The zero-order valence-corrected chi connectivity index (χ0v) is 23.2. The van der Waals surface area contributed by atoms with Crippen molar-refractivity contribution in [3.8, 4) is 0 Å². The number of unbranched alkanes of at least 4 members (excludes halogenated alkanes) is 5. The van der Waals surface area contributed by atoms with Gasteiger partial charge in [0.1, 0.15) is 36.3 Å². The lowest BCUT2D eigenvalue weighted by Gasteiger charge is -2.27. The Bertz CT molecular complexity index is 1120. The first kappa shape index (κ1) is 31.5. The van der Waals surface area contributed by atoms with Gasteiger partial charge >= 0.3 is 7.82 Å². The maximum absolute atomic E-state index is 12.5. The second-order valence-electron chi connectivity index (χ2n) is 9.44. The van der Waals surface area contributed by atoms with Crippen LogP contribution in [0.15, 0.2) is 23.5 Å². The number of nitrogens with zero attached hydrogens (tertiary/aromatic N) is 4. The number of hydrogen-bond acceptors (Lipinski definition) is 12. The van der Waals surface area contributed by atoms with Gasteiger partial charge in [-0.15, -0.1) is 0 Å². The maximum Gasteiger partial charge on any atom is 0.472 e. The SMILES string of the molecule is CCCCCCCCO[C@H](CO)COP(=O)(O)OC[C@H]1O[C@@](/C=N\C)(c2ccc3c(N)ncnn23)C(O)C1O. The van der Waals surface area contributed by atoms with Gasteiger partial charge in [-0.1, -0.05) is 39.0 Å². The summed E-state index contributed by atoms with van der Waals surface area (Å²) in [6.07, 6.45) is 3.91. The lowest BCUT2D eigenvalue weighted by Crippen LogP contribution is -2.43. The predicted molar refractivity (Wildman–Crippen MR) is 142 cm³/mol. The lowest BCUT2D eigenvalue weighted by atomic mass is 9.92. The molecule has 39 heavy (non-hydrogen) atoms. The molecule has 0 spiro atoms. The number of aliphatic hydroxyl groups is 3. The molecule has 6 N–H and O–H groups in total. The van der Waals surface area contributed by atoms with Crippen LogP contribution in [0.1, 0.15) is 51.1 Å². The Hall–Kier alpha value is -2.00. The monoisotopic (exact) mass is 573 g/mol. The van der Waals surface area contributed by atoms with Crippen LogP contribution in [0.5, 0.6) is 0 Å². The number of ether oxygens (including phenoxy) is 2. The number of hydrogen-bond donors (Lipinski definition) is 5. The van der Waals surface area contributed by atoms with Crippen molar-refractivity contribution in [2.45, 2.75) is 75.5 Å². The Morgan fingerprint density at radius 2 is 2.00 bits per heavy atom. The smallest absolute Gasteiger partial charge is 0.394 e. The number of aliphatic imine (C=N–C) groups is 1. The zero-order valence-electron chi connectivity index (χ0n) is 22.3. The highest BCUT2D eigenvalue weighted by Crippen LogP contribution is 2.46. The van der Waals surface area contributed by atoms with Gasteiger partial charge in [0, 0.05) is 19.9 Å². The molecule has 0 saturated carbocycles. The van der Waals surface area contributed by atoms with Crippen LogP contribution in [0, 0.1) is 0 Å². The van der Waals surface area contributed by atoms with Crippen LogP contribution in [0.3, 0.4) is 0 Å². The minimum Gasteiger partial charge on any atom is -0.394 e. The van der Waals surface area contributed by atoms with E-state index in [9.17, 15) is 24.8 Å². The Morgan fingerprint density at radius 1 is 1.26 bits per heavy atom. The van der Waals surface area contributed by atoms with Gasteiger partial charge in [-0.05, 0) is 18.6 Å². The molecule has 1 aliphatic heterocycles. The van der Waals surface area contributed by atoms with E-state index in [2.05, 4.69) is 22.0 Å². The molecule has 0 bridgehead atoms. The number of aliphatic hydroxyl groups excluding tert-OH is 3. The summed E-state index contributed by atoms with van der Waals surface area (Å²) in [4.78, 5) is 18.1. The second kappa shape index (κ2) is 14.6. The molecule has 1 fully saturated rings. The molecule has 14 nitrogen and oxygen atoms in total. The van der Waals surface area contributed by atoms with Gasteiger partial charge in [0.25, 0.3) is 0 Å². The maximum atomic E-state index is 12.5. The Balaban J connectivity index is 1.57. The average Bonchev–Trinajstić information content (AvgIpc) is 3.46. The van der Waals surface area contributed by atoms with Gasteiger partial charge in [-0.2, -0.15) is 5.10 Å². The third-order valence-electron chi connectivity index (χ3n) is 6.57. The first-order valence-corrected chi connectivity index (χ1v) is 14.6. The Morgan fingerprint density at radius 3 is 2.72 bits per heavy atom. The van der Waals surface area contributed by atoms with Gasteiger partial charge in [0.15, 0.2) is 11.4 Å². The van der Waals surface area contributed by atoms with E-state index in [0.29, 0.717) is 17.8 Å². The van der Waals surface area contributed by atoms with Crippen molar-refractivity contribution in [1.82, 2.24) is 14.6 Å². The van der Waals surface area contributed by atoms with E-state index < -0.39 is 51.1 Å². The van der Waals surface area contributed by atoms with Gasteiger partial charge in [-0.3, -0.25) is 14.0 Å². The van der Waals surface area contributed by atoms with Gasteiger partial charge in [-0.25, -0.2) is 14.1 Å². The fourth-order valence-corrected chi connectivity index (χ4v) is 5.24. The van der Waals surface area contributed by atoms with Crippen molar-refractivity contribution in [3.63, 3.8) is 0 Å². The number of rotatable bonds is 17. The van der Waals surface area contributed by atoms with E-state index in [4.69, 9.17) is 24.3 Å². The number of nitrogens with two attached hydrogens (primary N) is 1. The van der Waals surface area contributed by atoms with E-state index in [1.807, 2.05) is 0 Å². The summed E-state index contributed by atoms with van der Waals surface area (Å²) >= 11 is 0. The van der Waals surface area contributed by atoms with Crippen LogP contribution in [-0.2, 0) is 28.7 Å². The van der Waals surface area contributed by atoms with Crippen molar-refractivity contribution < 1.29 is 43.3 Å². The predicted octanol–water partition coefficient (Wildman–Crippen LogP) is 1.20. The second-order valence-corrected chi connectivity index (χ2v) is 10.9. The highest BCUT2D eigenvalue weighted by molar-refractivity contribution is 7.47. The third-order valence-corrected chi connectivity index (χ3v) is 7.52. The van der Waals surface area contributed by atoms with Crippen LogP contribution in [-0.4, -0.2) is 98.9 Å². The molecule has 15 heteroatoms. The Labute approximate surface area is 227 Å². The highest BCUT2D eigenvalue weighted by atomic mass is 31.2. The topological polar surface area (TPSA) is 203 Å². The van der Waals surface area contributed by atoms with Crippen molar-refractivity contribution >= 4 is 25.4 Å². The van der Waals surface area contributed by atoms with Gasteiger partial charge < -0.3 is 35.4 Å².